The van der Waals surface area contributed by atoms with Gasteiger partial charge in [0, 0.05) is 15.1 Å². The van der Waals surface area contributed by atoms with Crippen LogP contribution in [0.25, 0.3) is 0 Å². The molecule has 0 N–H and O–H groups in total. The molecule has 1 aliphatic rings. The predicted octanol–water partition coefficient (Wildman–Crippen LogP) is 4.85. The van der Waals surface area contributed by atoms with Crippen LogP contribution >= 0.6 is 34.2 Å². The van der Waals surface area contributed by atoms with Crippen LogP contribution in [-0.4, -0.2) is 12.5 Å². The first-order valence-corrected chi connectivity index (χ1v) is 8.39. The number of hydrogen-bond donors (Lipinski definition) is 0. The van der Waals surface area contributed by atoms with Gasteiger partial charge in [-0.25, -0.2) is 0 Å². The molecule has 0 spiro atoms. The molecule has 0 unspecified atom stereocenters. The molecule has 21 heavy (non-hydrogen) atoms. The minimum atomic E-state index is 0.0390. The molecule has 0 atom stereocenters. The molecule has 0 aliphatic carbocycles. The SMILES string of the molecule is Cc1cccc2c1N(C(=O)c1cc(Cl)ccc1I)CCC2. The van der Waals surface area contributed by atoms with Gasteiger partial charge in [0.05, 0.1) is 11.3 Å². The number of carbonyl (C=O) groups excluding carboxylic acids is 1. The Morgan fingerprint density at radius 3 is 2.90 bits per heavy atom. The van der Waals surface area contributed by atoms with E-state index in [0.29, 0.717) is 10.6 Å². The number of carbonyl (C=O) groups is 1. The molecule has 2 nitrogen and oxygen atoms in total. The van der Waals surface area contributed by atoms with E-state index in [0.717, 1.165) is 34.2 Å². The molecule has 0 saturated heterocycles. The minimum absolute atomic E-state index is 0.0390. The number of halogens is 2. The van der Waals surface area contributed by atoms with Gasteiger partial charge in [-0.2, -0.15) is 0 Å². The van der Waals surface area contributed by atoms with Crippen LogP contribution < -0.4 is 4.90 Å². The average molecular weight is 412 g/mol. The Morgan fingerprint density at radius 1 is 1.29 bits per heavy atom. The highest BCUT2D eigenvalue weighted by molar-refractivity contribution is 14.1. The fourth-order valence-corrected chi connectivity index (χ4v) is 3.60. The van der Waals surface area contributed by atoms with E-state index in [1.54, 1.807) is 6.07 Å². The number of benzene rings is 2. The van der Waals surface area contributed by atoms with Gasteiger partial charge in [0.2, 0.25) is 0 Å². The number of fused-ring (bicyclic) bond motifs is 1. The standard InChI is InChI=1S/C17H15ClINO/c1-11-4-2-5-12-6-3-9-20(16(11)12)17(21)14-10-13(18)7-8-15(14)19/h2,4-5,7-8,10H,3,6,9H2,1H3. The van der Waals surface area contributed by atoms with Crippen LogP contribution in [0, 0.1) is 10.5 Å². The Morgan fingerprint density at radius 2 is 2.10 bits per heavy atom. The first-order chi connectivity index (χ1) is 10.1. The molecule has 2 aromatic rings. The first-order valence-electron chi connectivity index (χ1n) is 6.93. The fourth-order valence-electron chi connectivity index (χ4n) is 2.86. The van der Waals surface area contributed by atoms with E-state index in [9.17, 15) is 4.79 Å². The topological polar surface area (TPSA) is 20.3 Å². The molecule has 0 radical (unpaired) electrons. The number of rotatable bonds is 1. The summed E-state index contributed by atoms with van der Waals surface area (Å²) in [6.45, 7) is 2.83. The number of anilines is 1. The number of nitrogens with zero attached hydrogens (tertiary/aromatic N) is 1. The zero-order valence-electron chi connectivity index (χ0n) is 11.7. The van der Waals surface area contributed by atoms with Crippen molar-refractivity contribution in [1.82, 2.24) is 0 Å². The summed E-state index contributed by atoms with van der Waals surface area (Å²) in [5.74, 6) is 0.0390. The summed E-state index contributed by atoms with van der Waals surface area (Å²) in [5, 5.41) is 0.598. The predicted molar refractivity (Wildman–Crippen MR) is 95.3 cm³/mol. The zero-order chi connectivity index (χ0) is 15.0. The molecule has 0 saturated carbocycles. The van der Waals surface area contributed by atoms with Crippen LogP contribution in [0.2, 0.25) is 5.02 Å². The second kappa shape index (κ2) is 5.97. The summed E-state index contributed by atoms with van der Waals surface area (Å²) in [4.78, 5) is 14.9. The third kappa shape index (κ3) is 2.81. The highest BCUT2D eigenvalue weighted by Crippen LogP contribution is 2.32. The van der Waals surface area contributed by atoms with Gasteiger partial charge in [-0.05, 0) is 71.7 Å². The van der Waals surface area contributed by atoms with Crippen molar-refractivity contribution in [3.05, 3.63) is 61.7 Å². The van der Waals surface area contributed by atoms with Crippen molar-refractivity contribution in [1.29, 1.82) is 0 Å². The highest BCUT2D eigenvalue weighted by atomic mass is 127. The summed E-state index contributed by atoms with van der Waals surface area (Å²) in [7, 11) is 0. The van der Waals surface area contributed by atoms with Gasteiger partial charge >= 0.3 is 0 Å². The van der Waals surface area contributed by atoms with Gasteiger partial charge in [-0.3, -0.25) is 4.79 Å². The van der Waals surface area contributed by atoms with Gasteiger partial charge in [0.25, 0.3) is 5.91 Å². The largest absolute Gasteiger partial charge is 0.308 e. The van der Waals surface area contributed by atoms with Crippen LogP contribution in [0.3, 0.4) is 0 Å². The lowest BCUT2D eigenvalue weighted by Crippen LogP contribution is -2.36. The lowest BCUT2D eigenvalue weighted by atomic mass is 9.97. The molecule has 4 heteroatoms. The molecule has 1 aliphatic heterocycles. The molecule has 1 heterocycles. The minimum Gasteiger partial charge on any atom is -0.308 e. The van der Waals surface area contributed by atoms with Crippen molar-refractivity contribution >= 4 is 45.8 Å². The normalized spacial score (nSPS) is 14.0. The number of para-hydroxylation sites is 1. The van der Waals surface area contributed by atoms with Crippen LogP contribution in [0.1, 0.15) is 27.9 Å². The Kier molecular flexibility index (Phi) is 4.22. The Bertz CT molecular complexity index is 714. The Labute approximate surface area is 143 Å². The van der Waals surface area contributed by atoms with Crippen molar-refractivity contribution in [2.24, 2.45) is 0 Å². The molecule has 0 aromatic heterocycles. The van der Waals surface area contributed by atoms with E-state index in [1.165, 1.54) is 5.56 Å². The quantitative estimate of drug-likeness (QED) is 0.615. The van der Waals surface area contributed by atoms with Gasteiger partial charge in [0.15, 0.2) is 0 Å². The molecule has 108 valence electrons. The van der Waals surface area contributed by atoms with Crippen LogP contribution in [0.15, 0.2) is 36.4 Å². The molecule has 2 aromatic carbocycles. The first kappa shape index (κ1) is 14.9. The lowest BCUT2D eigenvalue weighted by Gasteiger charge is -2.31. The van der Waals surface area contributed by atoms with E-state index in [-0.39, 0.29) is 5.91 Å². The number of amides is 1. The average Bonchev–Trinajstić information content (AvgIpc) is 2.49. The third-order valence-electron chi connectivity index (χ3n) is 3.82. The van der Waals surface area contributed by atoms with Gasteiger partial charge in [-0.1, -0.05) is 29.8 Å². The molecular weight excluding hydrogens is 397 g/mol. The van der Waals surface area contributed by atoms with Gasteiger partial charge in [-0.15, -0.1) is 0 Å². The van der Waals surface area contributed by atoms with Crippen molar-refractivity contribution < 1.29 is 4.79 Å². The van der Waals surface area contributed by atoms with Crippen molar-refractivity contribution in [3.63, 3.8) is 0 Å². The van der Waals surface area contributed by atoms with Gasteiger partial charge in [0.1, 0.15) is 0 Å². The monoisotopic (exact) mass is 411 g/mol. The highest BCUT2D eigenvalue weighted by Gasteiger charge is 2.26. The van der Waals surface area contributed by atoms with E-state index in [2.05, 4.69) is 47.7 Å². The molecule has 0 bridgehead atoms. The maximum absolute atomic E-state index is 13.0. The molecular formula is C17H15ClINO. The lowest BCUT2D eigenvalue weighted by molar-refractivity contribution is 0.0984. The van der Waals surface area contributed by atoms with E-state index >= 15 is 0 Å². The number of aryl methyl sites for hydroxylation is 2. The van der Waals surface area contributed by atoms with E-state index in [1.807, 2.05) is 17.0 Å². The Hall–Kier alpha value is -1.07. The molecule has 1 amide bonds. The van der Waals surface area contributed by atoms with Crippen molar-refractivity contribution in [2.75, 3.05) is 11.4 Å². The van der Waals surface area contributed by atoms with E-state index < -0.39 is 0 Å². The maximum atomic E-state index is 13.0. The third-order valence-corrected chi connectivity index (χ3v) is 5.00. The summed E-state index contributed by atoms with van der Waals surface area (Å²) in [5.41, 5.74) is 4.16. The summed E-state index contributed by atoms with van der Waals surface area (Å²) in [6, 6.07) is 11.7. The van der Waals surface area contributed by atoms with Crippen LogP contribution in [0.5, 0.6) is 0 Å². The molecule has 0 fully saturated rings. The maximum Gasteiger partial charge on any atom is 0.259 e. The van der Waals surface area contributed by atoms with Crippen LogP contribution in [0.4, 0.5) is 5.69 Å². The fraction of sp³-hybridized carbons (Fsp3) is 0.235. The summed E-state index contributed by atoms with van der Waals surface area (Å²) >= 11 is 8.25. The van der Waals surface area contributed by atoms with E-state index in [4.69, 9.17) is 11.6 Å². The summed E-state index contributed by atoms with van der Waals surface area (Å²) in [6.07, 6.45) is 2.03. The van der Waals surface area contributed by atoms with Crippen molar-refractivity contribution in [3.8, 4) is 0 Å². The zero-order valence-corrected chi connectivity index (χ0v) is 14.6. The number of hydrogen-bond acceptors (Lipinski definition) is 1. The summed E-state index contributed by atoms with van der Waals surface area (Å²) < 4.78 is 0.933. The molecule has 3 rings (SSSR count). The van der Waals surface area contributed by atoms with Gasteiger partial charge < -0.3 is 4.90 Å². The Balaban J connectivity index is 2.06. The smallest absolute Gasteiger partial charge is 0.259 e. The van der Waals surface area contributed by atoms with Crippen molar-refractivity contribution in [2.45, 2.75) is 19.8 Å². The second-order valence-corrected chi connectivity index (χ2v) is 6.87. The van der Waals surface area contributed by atoms with Crippen LogP contribution in [-0.2, 0) is 6.42 Å². The second-order valence-electron chi connectivity index (χ2n) is 5.27.